The van der Waals surface area contributed by atoms with Crippen LogP contribution in [0.2, 0.25) is 0 Å². The van der Waals surface area contributed by atoms with E-state index in [9.17, 15) is 4.79 Å². The van der Waals surface area contributed by atoms with Crippen LogP contribution in [0, 0.1) is 4.77 Å². The molecular weight excluding hydrogens is 300 g/mol. The first-order valence-electron chi connectivity index (χ1n) is 8.19. The number of nitrogens with one attached hydrogen (secondary N) is 2. The Hall–Kier alpha value is -1.21. The third kappa shape index (κ3) is 4.64. The summed E-state index contributed by atoms with van der Waals surface area (Å²) in [6.07, 6.45) is 6.86. The minimum absolute atomic E-state index is 0.0965. The summed E-state index contributed by atoms with van der Waals surface area (Å²) in [5.41, 5.74) is 0. The molecule has 124 valence electrons. The van der Waals surface area contributed by atoms with Crippen LogP contribution < -0.4 is 5.32 Å². The van der Waals surface area contributed by atoms with Gasteiger partial charge >= 0.3 is 0 Å². The molecule has 1 heterocycles. The molecule has 22 heavy (non-hydrogen) atoms. The lowest BCUT2D eigenvalue weighted by molar-refractivity contribution is -0.136. The highest BCUT2D eigenvalue weighted by Gasteiger charge is 2.20. The number of aromatic nitrogens is 3. The Bertz CT molecular complexity index is 532. The number of nitrogens with zero attached hydrogens (tertiary/aromatic N) is 2. The average molecular weight is 326 g/mol. The Morgan fingerprint density at radius 3 is 2.77 bits per heavy atom. The Morgan fingerprint density at radius 1 is 1.45 bits per heavy atom. The number of H-pyrrole nitrogens is 1. The molecule has 6 nitrogen and oxygen atoms in total. The van der Waals surface area contributed by atoms with E-state index in [1.54, 1.807) is 0 Å². The quantitative estimate of drug-likeness (QED) is 0.623. The highest BCUT2D eigenvalue weighted by molar-refractivity contribution is 7.71. The van der Waals surface area contributed by atoms with Crippen LogP contribution in [0.3, 0.4) is 0 Å². The van der Waals surface area contributed by atoms with Gasteiger partial charge in [0.05, 0.1) is 12.6 Å². The van der Waals surface area contributed by atoms with E-state index in [-0.39, 0.29) is 12.0 Å². The molecule has 1 aromatic rings. The molecule has 2 N–H and O–H groups in total. The van der Waals surface area contributed by atoms with E-state index in [2.05, 4.69) is 15.5 Å². The lowest BCUT2D eigenvalue weighted by atomic mass is 10.1. The molecule has 1 aliphatic carbocycles. The molecule has 0 saturated heterocycles. The zero-order valence-electron chi connectivity index (χ0n) is 13.4. The molecule has 1 fully saturated rings. The average Bonchev–Trinajstić information content (AvgIpc) is 2.70. The number of ether oxygens (including phenoxy) is 1. The number of rotatable bonds is 6. The molecule has 1 amide bonds. The second-order valence-corrected chi connectivity index (χ2v) is 6.19. The lowest BCUT2D eigenvalue weighted by Crippen LogP contribution is -2.37. The maximum absolute atomic E-state index is 12.2. The predicted octanol–water partition coefficient (Wildman–Crippen LogP) is 2.70. The maximum Gasteiger partial charge on any atom is 0.249 e. The van der Waals surface area contributed by atoms with Gasteiger partial charge in [0.2, 0.25) is 5.91 Å². The molecule has 2 rings (SSSR count). The first-order valence-corrected chi connectivity index (χ1v) is 8.60. The normalized spacial score (nSPS) is 17.9. The zero-order valence-corrected chi connectivity index (χ0v) is 14.2. The first-order chi connectivity index (χ1) is 10.6. The molecule has 0 aromatic carbocycles. The molecule has 0 radical (unpaired) electrons. The van der Waals surface area contributed by atoms with Crippen molar-refractivity contribution < 1.29 is 9.53 Å². The summed E-state index contributed by atoms with van der Waals surface area (Å²) in [5, 5.41) is 9.76. The van der Waals surface area contributed by atoms with Crippen molar-refractivity contribution in [3.8, 4) is 0 Å². The monoisotopic (exact) mass is 326 g/mol. The van der Waals surface area contributed by atoms with Crippen molar-refractivity contribution in [2.75, 3.05) is 0 Å². The topological polar surface area (TPSA) is 71.9 Å². The summed E-state index contributed by atoms with van der Waals surface area (Å²) < 4.78 is 8.36. The predicted molar refractivity (Wildman–Crippen MR) is 87.0 cm³/mol. The van der Waals surface area contributed by atoms with Gasteiger partial charge in [-0.1, -0.05) is 25.7 Å². The Kier molecular flexibility index (Phi) is 6.57. The van der Waals surface area contributed by atoms with Crippen molar-refractivity contribution in [1.29, 1.82) is 0 Å². The fraction of sp³-hybridized carbons (Fsp3) is 0.800. The van der Waals surface area contributed by atoms with Gasteiger partial charge in [0.1, 0.15) is 6.10 Å². The van der Waals surface area contributed by atoms with Gasteiger partial charge in [0.25, 0.3) is 0 Å². The van der Waals surface area contributed by atoms with E-state index in [1.165, 1.54) is 25.7 Å². The van der Waals surface area contributed by atoms with Crippen molar-refractivity contribution in [1.82, 2.24) is 20.1 Å². The smallest absolute Gasteiger partial charge is 0.249 e. The fourth-order valence-electron chi connectivity index (χ4n) is 2.85. The van der Waals surface area contributed by atoms with E-state index in [1.807, 2.05) is 18.4 Å². The van der Waals surface area contributed by atoms with Crippen molar-refractivity contribution in [2.45, 2.75) is 77.7 Å². The Balaban J connectivity index is 1.81. The minimum Gasteiger partial charge on any atom is -0.365 e. The standard InChI is InChI=1S/C15H26N4O2S/c1-3-19-13(17-18-15(19)22)10-16-14(20)11(2)21-12-8-6-4-5-7-9-12/h11-12H,3-10H2,1-2H3,(H,16,20)(H,18,22)/t11-/m1/s1. The van der Waals surface area contributed by atoms with Gasteiger partial charge in [0, 0.05) is 6.54 Å². The second-order valence-electron chi connectivity index (χ2n) is 5.80. The van der Waals surface area contributed by atoms with Gasteiger partial charge in [-0.2, -0.15) is 5.10 Å². The van der Waals surface area contributed by atoms with Crippen LogP contribution in [0.4, 0.5) is 0 Å². The van der Waals surface area contributed by atoms with Gasteiger partial charge in [0.15, 0.2) is 10.6 Å². The third-order valence-corrected chi connectivity index (χ3v) is 4.45. The van der Waals surface area contributed by atoms with Gasteiger partial charge in [-0.25, -0.2) is 0 Å². The molecule has 1 aliphatic rings. The minimum atomic E-state index is -0.430. The maximum atomic E-state index is 12.2. The second kappa shape index (κ2) is 8.43. The molecule has 1 atom stereocenters. The lowest BCUT2D eigenvalue weighted by Gasteiger charge is -2.20. The molecular formula is C15H26N4O2S. The highest BCUT2D eigenvalue weighted by Crippen LogP contribution is 2.20. The Labute approximate surface area is 136 Å². The summed E-state index contributed by atoms with van der Waals surface area (Å²) in [7, 11) is 0. The molecule has 0 unspecified atom stereocenters. The summed E-state index contributed by atoms with van der Waals surface area (Å²) in [5.74, 6) is 0.642. The number of carbonyl (C=O) groups excluding carboxylic acids is 1. The van der Waals surface area contributed by atoms with Gasteiger partial charge in [-0.05, 0) is 38.9 Å². The molecule has 0 spiro atoms. The largest absolute Gasteiger partial charge is 0.365 e. The van der Waals surface area contributed by atoms with E-state index in [0.717, 1.165) is 25.2 Å². The van der Waals surface area contributed by atoms with E-state index >= 15 is 0 Å². The molecule has 0 bridgehead atoms. The number of amides is 1. The molecule has 7 heteroatoms. The number of hydrogen-bond donors (Lipinski definition) is 2. The first kappa shape index (κ1) is 17.1. The Morgan fingerprint density at radius 2 is 2.14 bits per heavy atom. The van der Waals surface area contributed by atoms with Gasteiger partial charge in [-0.15, -0.1) is 0 Å². The summed E-state index contributed by atoms with van der Waals surface area (Å²) >= 11 is 5.13. The molecule has 1 aromatic heterocycles. The number of carbonyl (C=O) groups is 1. The number of aromatic amines is 1. The molecule has 0 aliphatic heterocycles. The van der Waals surface area contributed by atoms with Crippen LogP contribution >= 0.6 is 12.2 Å². The SMILES string of the molecule is CCn1c(CNC(=O)[C@@H](C)OC2CCCCCC2)n[nH]c1=S. The van der Waals surface area contributed by atoms with Gasteiger partial charge in [-0.3, -0.25) is 9.89 Å². The van der Waals surface area contributed by atoms with Crippen LogP contribution in [0.15, 0.2) is 0 Å². The van der Waals surface area contributed by atoms with Crippen molar-refractivity contribution in [3.63, 3.8) is 0 Å². The summed E-state index contributed by atoms with van der Waals surface area (Å²) in [6, 6.07) is 0. The van der Waals surface area contributed by atoms with E-state index < -0.39 is 6.10 Å². The van der Waals surface area contributed by atoms with Crippen molar-refractivity contribution >= 4 is 18.1 Å². The summed E-state index contributed by atoms with van der Waals surface area (Å²) in [4.78, 5) is 12.2. The van der Waals surface area contributed by atoms with E-state index in [0.29, 0.717) is 11.3 Å². The van der Waals surface area contributed by atoms with Gasteiger partial charge < -0.3 is 14.6 Å². The van der Waals surface area contributed by atoms with E-state index in [4.69, 9.17) is 17.0 Å². The van der Waals surface area contributed by atoms with Crippen molar-refractivity contribution in [3.05, 3.63) is 10.6 Å². The van der Waals surface area contributed by atoms with Crippen LogP contribution in [0.1, 0.15) is 58.2 Å². The van der Waals surface area contributed by atoms with Crippen molar-refractivity contribution in [2.24, 2.45) is 0 Å². The number of hydrogen-bond acceptors (Lipinski definition) is 4. The van der Waals surface area contributed by atoms with Crippen LogP contribution in [0.25, 0.3) is 0 Å². The highest BCUT2D eigenvalue weighted by atomic mass is 32.1. The van der Waals surface area contributed by atoms with Crippen LogP contribution in [0.5, 0.6) is 0 Å². The third-order valence-electron chi connectivity index (χ3n) is 4.14. The molecule has 1 saturated carbocycles. The van der Waals surface area contributed by atoms with Crippen LogP contribution in [-0.2, 0) is 22.6 Å². The zero-order chi connectivity index (χ0) is 15.9. The van der Waals surface area contributed by atoms with Crippen LogP contribution in [-0.4, -0.2) is 32.9 Å². The summed E-state index contributed by atoms with van der Waals surface area (Å²) in [6.45, 7) is 4.90. The fourth-order valence-corrected chi connectivity index (χ4v) is 3.13.